The van der Waals surface area contributed by atoms with E-state index in [-0.39, 0.29) is 12.4 Å². The molecule has 11 heteroatoms. The number of imidazole rings is 1. The molecule has 2 aromatic rings. The fraction of sp³-hybridized carbons (Fsp3) is 0.500. The lowest BCUT2D eigenvalue weighted by atomic mass is 10.1. The largest absolute Gasteiger partial charge is 0.390 e. The molecule has 10 nitrogen and oxygen atoms in total. The van der Waals surface area contributed by atoms with Crippen LogP contribution < -0.4 is 5.73 Å². The first-order chi connectivity index (χ1) is 10.1. The standard InChI is InChI=1S/C10H11IN8O2/c11-3-10(17-18-13)6(20)1-7(21-10)19-4-15-5-2-14-9(12)16-8(5)19/h2,4,6-7,20H,1,3H2,(H2,12,14,16)/t6-,7+,10+/m0/s1. The SMILES string of the molecule is [N-]=[N+]=N[C@]1(CI)O[C@@H](n2cnc3cnc(N)nc32)C[C@@H]1O. The van der Waals surface area contributed by atoms with Crippen molar-refractivity contribution in [1.29, 1.82) is 0 Å². The number of halogens is 1. The molecule has 0 saturated carbocycles. The lowest BCUT2D eigenvalue weighted by Crippen LogP contribution is -2.38. The van der Waals surface area contributed by atoms with E-state index in [2.05, 4.69) is 25.0 Å². The van der Waals surface area contributed by atoms with Gasteiger partial charge in [-0.1, -0.05) is 27.7 Å². The van der Waals surface area contributed by atoms with Crippen LogP contribution in [0, 0.1) is 0 Å². The van der Waals surface area contributed by atoms with Crippen molar-refractivity contribution in [2.45, 2.75) is 24.5 Å². The normalized spacial score (nSPS) is 28.7. The summed E-state index contributed by atoms with van der Waals surface area (Å²) in [7, 11) is 0. The second kappa shape index (κ2) is 5.26. The molecular weight excluding hydrogens is 391 g/mol. The van der Waals surface area contributed by atoms with Crippen LogP contribution in [0.2, 0.25) is 0 Å². The van der Waals surface area contributed by atoms with Gasteiger partial charge in [-0.2, -0.15) is 4.98 Å². The number of rotatable bonds is 3. The van der Waals surface area contributed by atoms with Crippen molar-refractivity contribution in [1.82, 2.24) is 19.5 Å². The van der Waals surface area contributed by atoms with Gasteiger partial charge in [0.1, 0.15) is 11.7 Å². The van der Waals surface area contributed by atoms with E-state index in [4.69, 9.17) is 16.0 Å². The van der Waals surface area contributed by atoms with Gasteiger partial charge in [0.25, 0.3) is 0 Å². The zero-order valence-corrected chi connectivity index (χ0v) is 12.8. The number of aromatic nitrogens is 4. The molecule has 1 saturated heterocycles. The molecule has 0 spiro atoms. The predicted molar refractivity (Wildman–Crippen MR) is 81.2 cm³/mol. The number of aliphatic hydroxyl groups is 1. The maximum Gasteiger partial charge on any atom is 0.222 e. The van der Waals surface area contributed by atoms with E-state index in [0.29, 0.717) is 15.6 Å². The average molecular weight is 402 g/mol. The maximum atomic E-state index is 10.2. The Labute approximate surface area is 132 Å². The number of nitrogens with two attached hydrogens (primary N) is 1. The smallest absolute Gasteiger partial charge is 0.222 e. The molecule has 0 radical (unpaired) electrons. The number of nitrogen functional groups attached to an aromatic ring is 1. The topological polar surface area (TPSA) is 148 Å². The highest BCUT2D eigenvalue weighted by Gasteiger charge is 2.48. The van der Waals surface area contributed by atoms with Crippen LogP contribution in [0.3, 0.4) is 0 Å². The number of hydrogen-bond donors (Lipinski definition) is 2. The molecule has 0 aliphatic carbocycles. The Morgan fingerprint density at radius 1 is 1.67 bits per heavy atom. The Hall–Kier alpha value is -1.69. The van der Waals surface area contributed by atoms with Crippen molar-refractivity contribution in [2.75, 3.05) is 10.2 Å². The molecular formula is C10H11IN8O2. The molecule has 1 aliphatic rings. The third-order valence-electron chi connectivity index (χ3n) is 3.34. The van der Waals surface area contributed by atoms with Gasteiger partial charge in [0.15, 0.2) is 11.4 Å². The van der Waals surface area contributed by atoms with Gasteiger partial charge >= 0.3 is 0 Å². The summed E-state index contributed by atoms with van der Waals surface area (Å²) in [5.41, 5.74) is 14.0. The van der Waals surface area contributed by atoms with Crippen LogP contribution in [0.25, 0.3) is 21.6 Å². The fourth-order valence-electron chi connectivity index (χ4n) is 2.27. The highest BCUT2D eigenvalue weighted by atomic mass is 127. The number of aliphatic hydroxyl groups excluding tert-OH is 1. The Kier molecular flexibility index (Phi) is 3.57. The van der Waals surface area contributed by atoms with Crippen LogP contribution in [-0.4, -0.2) is 40.9 Å². The van der Waals surface area contributed by atoms with Crippen LogP contribution in [-0.2, 0) is 4.74 Å². The summed E-state index contributed by atoms with van der Waals surface area (Å²) < 4.78 is 7.77. The molecule has 1 fully saturated rings. The van der Waals surface area contributed by atoms with Gasteiger partial charge in [-0.25, -0.2) is 9.97 Å². The molecule has 1 aliphatic heterocycles. The quantitative estimate of drug-likeness (QED) is 0.259. The first kappa shape index (κ1) is 14.3. The molecule has 2 aromatic heterocycles. The lowest BCUT2D eigenvalue weighted by molar-refractivity contribution is -0.0795. The van der Waals surface area contributed by atoms with Gasteiger partial charge in [-0.3, -0.25) is 4.57 Å². The second-order valence-corrected chi connectivity index (χ2v) is 5.34. The fourth-order valence-corrected chi connectivity index (χ4v) is 3.11. The Balaban J connectivity index is 2.01. The number of hydrogen-bond acceptors (Lipinski definition) is 7. The number of ether oxygens (including phenoxy) is 1. The van der Waals surface area contributed by atoms with Crippen LogP contribution in [0.1, 0.15) is 12.6 Å². The highest BCUT2D eigenvalue weighted by molar-refractivity contribution is 14.1. The molecule has 21 heavy (non-hydrogen) atoms. The summed E-state index contributed by atoms with van der Waals surface area (Å²) in [6, 6.07) is 0. The molecule has 0 amide bonds. The molecule has 3 N–H and O–H groups in total. The zero-order valence-electron chi connectivity index (χ0n) is 10.7. The van der Waals surface area contributed by atoms with E-state index in [1.165, 1.54) is 12.5 Å². The van der Waals surface area contributed by atoms with E-state index in [1.807, 2.05) is 22.6 Å². The first-order valence-corrected chi connectivity index (χ1v) is 7.55. The first-order valence-electron chi connectivity index (χ1n) is 6.03. The summed E-state index contributed by atoms with van der Waals surface area (Å²) >= 11 is 2.01. The number of alkyl halides is 1. The van der Waals surface area contributed by atoms with Crippen molar-refractivity contribution in [3.8, 4) is 0 Å². The second-order valence-electron chi connectivity index (χ2n) is 4.58. The minimum Gasteiger partial charge on any atom is -0.390 e. The van der Waals surface area contributed by atoms with Gasteiger partial charge < -0.3 is 15.6 Å². The molecule has 3 atom stereocenters. The van der Waals surface area contributed by atoms with Crippen molar-refractivity contribution in [2.24, 2.45) is 5.11 Å². The summed E-state index contributed by atoms with van der Waals surface area (Å²) in [5, 5.41) is 13.8. The monoisotopic (exact) mass is 402 g/mol. The Bertz CT molecular complexity index is 729. The molecule has 0 aromatic carbocycles. The van der Waals surface area contributed by atoms with E-state index < -0.39 is 18.1 Å². The van der Waals surface area contributed by atoms with Crippen LogP contribution >= 0.6 is 22.6 Å². The van der Waals surface area contributed by atoms with Crippen molar-refractivity contribution in [3.63, 3.8) is 0 Å². The molecule has 3 rings (SSSR count). The van der Waals surface area contributed by atoms with Crippen molar-refractivity contribution >= 4 is 39.7 Å². The molecule has 0 unspecified atom stereocenters. The van der Waals surface area contributed by atoms with E-state index in [9.17, 15) is 5.11 Å². The van der Waals surface area contributed by atoms with Gasteiger partial charge in [-0.05, 0) is 5.53 Å². The average Bonchev–Trinajstić information content (AvgIpc) is 3.01. The van der Waals surface area contributed by atoms with E-state index >= 15 is 0 Å². The van der Waals surface area contributed by atoms with Gasteiger partial charge in [-0.15, -0.1) is 0 Å². The van der Waals surface area contributed by atoms with Gasteiger partial charge in [0, 0.05) is 15.8 Å². The van der Waals surface area contributed by atoms with Crippen LogP contribution in [0.15, 0.2) is 17.6 Å². The lowest BCUT2D eigenvalue weighted by Gasteiger charge is -2.24. The summed E-state index contributed by atoms with van der Waals surface area (Å²) in [6.07, 6.45) is 1.86. The van der Waals surface area contributed by atoms with E-state index in [0.717, 1.165) is 0 Å². The summed E-state index contributed by atoms with van der Waals surface area (Å²) in [4.78, 5) is 14.9. The van der Waals surface area contributed by atoms with Crippen molar-refractivity contribution < 1.29 is 9.84 Å². The zero-order chi connectivity index (χ0) is 15.0. The number of anilines is 1. The minimum atomic E-state index is -1.28. The third kappa shape index (κ3) is 2.27. The molecule has 0 bridgehead atoms. The molecule has 3 heterocycles. The predicted octanol–water partition coefficient (Wildman–Crippen LogP) is 1.13. The maximum absolute atomic E-state index is 10.2. The van der Waals surface area contributed by atoms with Gasteiger partial charge in [0.05, 0.1) is 18.6 Å². The van der Waals surface area contributed by atoms with Crippen LogP contribution in [0.4, 0.5) is 5.95 Å². The van der Waals surface area contributed by atoms with Crippen LogP contribution in [0.5, 0.6) is 0 Å². The Morgan fingerprint density at radius 3 is 3.19 bits per heavy atom. The van der Waals surface area contributed by atoms with E-state index in [1.54, 1.807) is 4.57 Å². The third-order valence-corrected chi connectivity index (χ3v) is 4.43. The van der Waals surface area contributed by atoms with Crippen molar-refractivity contribution in [3.05, 3.63) is 23.0 Å². The summed E-state index contributed by atoms with van der Waals surface area (Å²) in [5.74, 6) is 0.123. The Morgan fingerprint density at radius 2 is 2.48 bits per heavy atom. The number of nitrogens with zero attached hydrogens (tertiary/aromatic N) is 7. The number of azide groups is 1. The highest BCUT2D eigenvalue weighted by Crippen LogP contribution is 2.40. The minimum absolute atomic E-state index is 0.123. The molecule has 110 valence electrons. The number of fused-ring (bicyclic) bond motifs is 1. The van der Waals surface area contributed by atoms with Gasteiger partial charge in [0.2, 0.25) is 5.95 Å². The summed E-state index contributed by atoms with van der Waals surface area (Å²) in [6.45, 7) is 0.